The molecule has 0 unspecified atom stereocenters. The summed E-state index contributed by atoms with van der Waals surface area (Å²) >= 11 is 0. The van der Waals surface area contributed by atoms with Crippen LogP contribution in [0.15, 0.2) is 28.4 Å². The van der Waals surface area contributed by atoms with E-state index in [2.05, 4.69) is 10.2 Å². The topological polar surface area (TPSA) is 114 Å². The number of rotatable bonds is 2. The van der Waals surface area contributed by atoms with Gasteiger partial charge in [0.2, 0.25) is 5.96 Å². The molecule has 0 spiro atoms. The van der Waals surface area contributed by atoms with E-state index in [0.717, 1.165) is 6.92 Å². The lowest BCUT2D eigenvalue weighted by atomic mass is 10.0. The summed E-state index contributed by atoms with van der Waals surface area (Å²) in [5.74, 6) is -1.43. The quantitative estimate of drug-likeness (QED) is 0.326. The molecule has 24 heavy (non-hydrogen) atoms. The number of carbonyl (C=O) groups is 1. The predicted molar refractivity (Wildman–Crippen MR) is 73.2 cm³/mol. The molecule has 0 aromatic heterocycles. The van der Waals surface area contributed by atoms with Crippen molar-refractivity contribution < 1.29 is 36.2 Å². The molecular weight excluding hydrogens is 346 g/mol. The standard InChI is InChI=1S/C10H8F6N4.C2H4O2/c11-9(12,13)6-2-1-3-7(10(14,15)16)5(6)4-19-20-8(17)18;1-2(3)4/h1-4H,(H4,17,18,20);1H3,(H,3,4)/b19-4+;. The summed E-state index contributed by atoms with van der Waals surface area (Å²) in [5.41, 5.74) is 5.62. The average Bonchev–Trinajstić information content (AvgIpc) is 2.35. The first-order chi connectivity index (χ1) is 10.8. The summed E-state index contributed by atoms with van der Waals surface area (Å²) in [6, 6.07) is 1.67. The first kappa shape index (κ1) is 21.2. The minimum Gasteiger partial charge on any atom is -0.481 e. The van der Waals surface area contributed by atoms with E-state index in [4.69, 9.17) is 21.4 Å². The van der Waals surface area contributed by atoms with Gasteiger partial charge in [-0.3, -0.25) is 4.79 Å². The molecule has 0 aliphatic heterocycles. The number of hydrogen-bond acceptors (Lipinski definition) is 3. The second-order valence-electron chi connectivity index (χ2n) is 4.05. The van der Waals surface area contributed by atoms with Crippen molar-refractivity contribution in [2.24, 2.45) is 21.7 Å². The number of hydrogen-bond donors (Lipinski definition) is 3. The molecule has 6 nitrogen and oxygen atoms in total. The minimum atomic E-state index is -4.97. The molecule has 5 N–H and O–H groups in total. The highest BCUT2D eigenvalue weighted by Gasteiger charge is 2.40. The van der Waals surface area contributed by atoms with E-state index in [1.807, 2.05) is 0 Å². The van der Waals surface area contributed by atoms with Gasteiger partial charge in [-0.1, -0.05) is 6.07 Å². The first-order valence-corrected chi connectivity index (χ1v) is 5.85. The first-order valence-electron chi connectivity index (χ1n) is 5.85. The van der Waals surface area contributed by atoms with Gasteiger partial charge in [-0.15, -0.1) is 5.10 Å². The van der Waals surface area contributed by atoms with Crippen molar-refractivity contribution in [1.29, 1.82) is 0 Å². The van der Waals surface area contributed by atoms with Crippen molar-refractivity contribution in [2.75, 3.05) is 0 Å². The molecule has 1 aromatic rings. The second kappa shape index (κ2) is 8.17. The molecule has 134 valence electrons. The zero-order valence-corrected chi connectivity index (χ0v) is 12.0. The van der Waals surface area contributed by atoms with E-state index in [1.54, 1.807) is 0 Å². The number of carboxylic acids is 1. The monoisotopic (exact) mass is 358 g/mol. The van der Waals surface area contributed by atoms with Gasteiger partial charge in [0, 0.05) is 12.5 Å². The maximum Gasteiger partial charge on any atom is 0.417 e. The van der Waals surface area contributed by atoms with Crippen molar-refractivity contribution in [3.63, 3.8) is 0 Å². The van der Waals surface area contributed by atoms with Crippen LogP contribution in [0.2, 0.25) is 0 Å². The summed E-state index contributed by atoms with van der Waals surface area (Å²) in [6.07, 6.45) is -9.63. The van der Waals surface area contributed by atoms with Crippen LogP contribution in [0.25, 0.3) is 0 Å². The number of guanidine groups is 1. The molecule has 0 aliphatic carbocycles. The lowest BCUT2D eigenvalue weighted by Gasteiger charge is -2.15. The van der Waals surface area contributed by atoms with Gasteiger partial charge in [0.05, 0.1) is 17.3 Å². The Morgan fingerprint density at radius 1 is 1.08 bits per heavy atom. The van der Waals surface area contributed by atoms with Gasteiger partial charge < -0.3 is 16.6 Å². The van der Waals surface area contributed by atoms with Gasteiger partial charge in [-0.05, 0) is 12.1 Å². The summed E-state index contributed by atoms with van der Waals surface area (Å²) in [4.78, 5) is 9.00. The Bertz CT molecular complexity index is 597. The number of nitrogens with two attached hydrogens (primary N) is 2. The highest BCUT2D eigenvalue weighted by molar-refractivity contribution is 5.85. The third-order valence-electron chi connectivity index (χ3n) is 2.08. The summed E-state index contributed by atoms with van der Waals surface area (Å²) in [5, 5.41) is 13.4. The van der Waals surface area contributed by atoms with E-state index in [-0.39, 0.29) is 0 Å². The van der Waals surface area contributed by atoms with Crippen LogP contribution in [0.3, 0.4) is 0 Å². The fourth-order valence-corrected chi connectivity index (χ4v) is 1.35. The predicted octanol–water partition coefficient (Wildman–Crippen LogP) is 2.42. The number of alkyl halides is 6. The van der Waals surface area contributed by atoms with Crippen molar-refractivity contribution >= 4 is 18.1 Å². The Hall–Kier alpha value is -2.79. The number of carboxylic acid groups (broad SMARTS) is 1. The van der Waals surface area contributed by atoms with Gasteiger partial charge >= 0.3 is 12.4 Å². The summed E-state index contributed by atoms with van der Waals surface area (Å²) < 4.78 is 76.1. The van der Waals surface area contributed by atoms with Crippen molar-refractivity contribution in [1.82, 2.24) is 0 Å². The van der Waals surface area contributed by atoms with E-state index >= 15 is 0 Å². The second-order valence-corrected chi connectivity index (χ2v) is 4.05. The normalized spacial score (nSPS) is 11.6. The van der Waals surface area contributed by atoms with Gasteiger partial charge in [0.25, 0.3) is 5.97 Å². The molecule has 0 bridgehead atoms. The van der Waals surface area contributed by atoms with Crippen molar-refractivity contribution in [3.8, 4) is 0 Å². The highest BCUT2D eigenvalue weighted by Crippen LogP contribution is 2.38. The Balaban J connectivity index is 0.00000118. The number of aliphatic carboxylic acids is 1. The minimum absolute atomic E-state index is 0.311. The maximum absolute atomic E-state index is 12.7. The van der Waals surface area contributed by atoms with Crippen LogP contribution in [-0.4, -0.2) is 23.2 Å². The lowest BCUT2D eigenvalue weighted by Crippen LogP contribution is -2.22. The maximum atomic E-state index is 12.7. The number of nitrogens with zero attached hydrogens (tertiary/aromatic N) is 2. The smallest absolute Gasteiger partial charge is 0.417 e. The van der Waals surface area contributed by atoms with Gasteiger partial charge in [-0.2, -0.15) is 31.4 Å². The molecule has 0 amide bonds. The zero-order chi connectivity index (χ0) is 19.1. The van der Waals surface area contributed by atoms with Crippen LogP contribution in [-0.2, 0) is 17.1 Å². The van der Waals surface area contributed by atoms with Gasteiger partial charge in [0.15, 0.2) is 0 Å². The lowest BCUT2D eigenvalue weighted by molar-refractivity contribution is -0.143. The van der Waals surface area contributed by atoms with Crippen LogP contribution < -0.4 is 11.5 Å². The third kappa shape index (κ3) is 7.47. The zero-order valence-electron chi connectivity index (χ0n) is 12.0. The van der Waals surface area contributed by atoms with E-state index in [9.17, 15) is 26.3 Å². The fourth-order valence-electron chi connectivity index (χ4n) is 1.35. The molecule has 0 atom stereocenters. The SMILES string of the molecule is CC(=O)O.NC(N)=N/N=C/c1c(C(F)(F)F)cccc1C(F)(F)F. The van der Waals surface area contributed by atoms with Crippen LogP contribution in [0.1, 0.15) is 23.6 Å². The van der Waals surface area contributed by atoms with Gasteiger partial charge in [-0.25, -0.2) is 0 Å². The molecule has 0 aliphatic rings. The largest absolute Gasteiger partial charge is 0.481 e. The van der Waals surface area contributed by atoms with Crippen LogP contribution in [0.5, 0.6) is 0 Å². The molecule has 0 heterocycles. The molecule has 0 fully saturated rings. The highest BCUT2D eigenvalue weighted by atomic mass is 19.4. The average molecular weight is 358 g/mol. The van der Waals surface area contributed by atoms with Gasteiger partial charge in [0.1, 0.15) is 0 Å². The number of halogens is 6. The summed E-state index contributed by atoms with van der Waals surface area (Å²) in [7, 11) is 0. The molecule has 0 saturated heterocycles. The van der Waals surface area contributed by atoms with Crippen molar-refractivity contribution in [2.45, 2.75) is 19.3 Å². The Morgan fingerprint density at radius 2 is 1.46 bits per heavy atom. The third-order valence-corrected chi connectivity index (χ3v) is 2.08. The van der Waals surface area contributed by atoms with E-state index in [0.29, 0.717) is 24.4 Å². The Labute approximate surface area is 131 Å². The molecule has 1 rings (SSSR count). The fraction of sp³-hybridized carbons (Fsp3) is 0.250. The number of benzene rings is 1. The summed E-state index contributed by atoms with van der Waals surface area (Å²) in [6.45, 7) is 1.08. The molecular formula is C12H12F6N4O2. The van der Waals surface area contributed by atoms with Crippen LogP contribution in [0.4, 0.5) is 26.3 Å². The molecule has 12 heteroatoms. The molecule has 0 saturated carbocycles. The van der Waals surface area contributed by atoms with E-state index in [1.165, 1.54) is 0 Å². The Morgan fingerprint density at radius 3 is 1.75 bits per heavy atom. The Kier molecular flexibility index (Phi) is 7.22. The van der Waals surface area contributed by atoms with Crippen LogP contribution >= 0.6 is 0 Å². The van der Waals surface area contributed by atoms with Crippen molar-refractivity contribution in [3.05, 3.63) is 34.9 Å². The van der Waals surface area contributed by atoms with Crippen LogP contribution in [0, 0.1) is 0 Å². The molecule has 0 radical (unpaired) electrons. The molecule has 1 aromatic carbocycles. The van der Waals surface area contributed by atoms with E-state index < -0.39 is 41.0 Å².